The number of carbonyl (C=O) groups excluding carboxylic acids is 2. The van der Waals surface area contributed by atoms with Crippen LogP contribution in [-0.2, 0) is 26.2 Å². The van der Waals surface area contributed by atoms with E-state index in [1.54, 1.807) is 6.92 Å². The first-order valence-electron chi connectivity index (χ1n) is 13.6. The fourth-order valence-corrected chi connectivity index (χ4v) is 5.49. The van der Waals surface area contributed by atoms with Crippen molar-refractivity contribution in [1.29, 1.82) is 0 Å². The van der Waals surface area contributed by atoms with Crippen molar-refractivity contribution in [3.8, 4) is 5.75 Å². The van der Waals surface area contributed by atoms with E-state index in [4.69, 9.17) is 4.74 Å². The SMILES string of the molecule is CCOc1ccc(S(=O)(=O)N(CC(=O)N(Cc2ccc(C)cc2)[C@@H](C)C(=O)N[C@@H](C)CC)c2ccc(F)cc2)cc1. The molecule has 0 bridgehead atoms. The van der Waals surface area contributed by atoms with Crippen LogP contribution in [0.4, 0.5) is 10.1 Å². The molecule has 41 heavy (non-hydrogen) atoms. The van der Waals surface area contributed by atoms with Gasteiger partial charge in [-0.05, 0) is 88.2 Å². The van der Waals surface area contributed by atoms with Gasteiger partial charge in [0.1, 0.15) is 24.2 Å². The van der Waals surface area contributed by atoms with E-state index < -0.39 is 34.3 Å². The second-order valence-electron chi connectivity index (χ2n) is 9.89. The Morgan fingerprint density at radius 3 is 2.10 bits per heavy atom. The first kappa shape index (κ1) is 31.6. The Kier molecular flexibility index (Phi) is 10.9. The second kappa shape index (κ2) is 14.1. The molecule has 0 aromatic heterocycles. The Labute approximate surface area is 242 Å². The second-order valence-corrected chi connectivity index (χ2v) is 11.8. The zero-order valence-corrected chi connectivity index (χ0v) is 24.9. The lowest BCUT2D eigenvalue weighted by atomic mass is 10.1. The normalized spacial score (nSPS) is 12.7. The monoisotopic (exact) mass is 583 g/mol. The van der Waals surface area contributed by atoms with E-state index in [2.05, 4.69) is 5.32 Å². The van der Waals surface area contributed by atoms with Crippen LogP contribution in [0.5, 0.6) is 5.75 Å². The molecule has 8 nitrogen and oxygen atoms in total. The number of amides is 2. The highest BCUT2D eigenvalue weighted by atomic mass is 32.2. The third-order valence-corrected chi connectivity index (χ3v) is 8.55. The number of hydrogen-bond acceptors (Lipinski definition) is 5. The van der Waals surface area contributed by atoms with Gasteiger partial charge in [0.15, 0.2) is 0 Å². The Bertz CT molecular complexity index is 1410. The quantitative estimate of drug-likeness (QED) is 0.304. The van der Waals surface area contributed by atoms with Crippen molar-refractivity contribution >= 4 is 27.5 Å². The van der Waals surface area contributed by atoms with Crippen LogP contribution in [0, 0.1) is 12.7 Å². The lowest BCUT2D eigenvalue weighted by Gasteiger charge is -2.32. The summed E-state index contributed by atoms with van der Waals surface area (Å²) in [4.78, 5) is 28.3. The molecule has 1 N–H and O–H groups in total. The summed E-state index contributed by atoms with van der Waals surface area (Å²) in [6.45, 7) is 9.10. The van der Waals surface area contributed by atoms with Gasteiger partial charge in [-0.25, -0.2) is 12.8 Å². The van der Waals surface area contributed by atoms with Crippen molar-refractivity contribution in [2.75, 3.05) is 17.5 Å². The largest absolute Gasteiger partial charge is 0.494 e. The number of benzene rings is 3. The molecule has 3 aromatic rings. The first-order chi connectivity index (χ1) is 19.5. The summed E-state index contributed by atoms with van der Waals surface area (Å²) in [5.41, 5.74) is 1.94. The number of aryl methyl sites for hydroxylation is 1. The van der Waals surface area contributed by atoms with Crippen molar-refractivity contribution < 1.29 is 27.1 Å². The number of nitrogens with one attached hydrogen (secondary N) is 1. The Morgan fingerprint density at radius 2 is 1.54 bits per heavy atom. The predicted octanol–water partition coefficient (Wildman–Crippen LogP) is 5.06. The number of ether oxygens (including phenoxy) is 1. The lowest BCUT2D eigenvalue weighted by molar-refractivity contribution is -0.139. The minimum atomic E-state index is -4.27. The van der Waals surface area contributed by atoms with Crippen LogP contribution < -0.4 is 14.4 Å². The van der Waals surface area contributed by atoms with Gasteiger partial charge in [-0.15, -0.1) is 0 Å². The third kappa shape index (κ3) is 8.29. The smallest absolute Gasteiger partial charge is 0.264 e. The minimum Gasteiger partial charge on any atom is -0.494 e. The van der Waals surface area contributed by atoms with Crippen LogP contribution in [0.15, 0.2) is 77.7 Å². The summed E-state index contributed by atoms with van der Waals surface area (Å²) < 4.78 is 47.9. The van der Waals surface area contributed by atoms with E-state index in [9.17, 15) is 22.4 Å². The number of rotatable bonds is 13. The van der Waals surface area contributed by atoms with Gasteiger partial charge < -0.3 is 15.0 Å². The molecule has 0 aliphatic rings. The van der Waals surface area contributed by atoms with Gasteiger partial charge in [-0.2, -0.15) is 0 Å². The molecule has 0 heterocycles. The highest BCUT2D eigenvalue weighted by Gasteiger charge is 2.33. The molecular formula is C31H38FN3O5S. The average molecular weight is 584 g/mol. The van der Waals surface area contributed by atoms with Crippen molar-refractivity contribution in [1.82, 2.24) is 10.2 Å². The molecule has 0 aliphatic carbocycles. The van der Waals surface area contributed by atoms with Crippen molar-refractivity contribution in [2.45, 2.75) is 64.6 Å². The number of nitrogens with zero attached hydrogens (tertiary/aromatic N) is 2. The molecule has 3 aromatic carbocycles. The Morgan fingerprint density at radius 1 is 0.927 bits per heavy atom. The molecule has 0 saturated carbocycles. The average Bonchev–Trinajstić information content (AvgIpc) is 2.96. The summed E-state index contributed by atoms with van der Waals surface area (Å²) in [6, 6.07) is 17.3. The van der Waals surface area contributed by atoms with Crippen molar-refractivity contribution in [3.63, 3.8) is 0 Å². The molecule has 2 amide bonds. The number of sulfonamides is 1. The van der Waals surface area contributed by atoms with E-state index in [-0.39, 0.29) is 29.1 Å². The van der Waals surface area contributed by atoms with Gasteiger partial charge >= 0.3 is 0 Å². The summed E-state index contributed by atoms with van der Waals surface area (Å²) in [7, 11) is -4.27. The molecule has 0 radical (unpaired) electrons. The minimum absolute atomic E-state index is 0.0641. The molecule has 0 saturated heterocycles. The molecule has 2 atom stereocenters. The number of anilines is 1. The number of halogens is 1. The molecule has 10 heteroatoms. The van der Waals surface area contributed by atoms with Crippen LogP contribution in [0.1, 0.15) is 45.2 Å². The summed E-state index contributed by atoms with van der Waals surface area (Å²) in [6.07, 6.45) is 0.711. The maximum atomic E-state index is 13.9. The zero-order chi connectivity index (χ0) is 30.2. The van der Waals surface area contributed by atoms with E-state index in [0.29, 0.717) is 18.8 Å². The van der Waals surface area contributed by atoms with E-state index in [1.165, 1.54) is 41.3 Å². The summed E-state index contributed by atoms with van der Waals surface area (Å²) in [5.74, 6) is -0.977. The van der Waals surface area contributed by atoms with Gasteiger partial charge in [0.2, 0.25) is 11.8 Å². The molecule has 0 aliphatic heterocycles. The number of hydrogen-bond donors (Lipinski definition) is 1. The lowest BCUT2D eigenvalue weighted by Crippen LogP contribution is -2.52. The molecule has 220 valence electrons. The van der Waals surface area contributed by atoms with E-state index in [0.717, 1.165) is 27.6 Å². The highest BCUT2D eigenvalue weighted by Crippen LogP contribution is 2.26. The molecular weight excluding hydrogens is 545 g/mol. The maximum absolute atomic E-state index is 13.9. The molecule has 0 unspecified atom stereocenters. The van der Waals surface area contributed by atoms with Crippen LogP contribution in [0.25, 0.3) is 0 Å². The molecule has 0 spiro atoms. The zero-order valence-electron chi connectivity index (χ0n) is 24.1. The Balaban J connectivity index is 2.01. The van der Waals surface area contributed by atoms with Crippen LogP contribution >= 0.6 is 0 Å². The fourth-order valence-electron chi connectivity index (χ4n) is 4.08. The van der Waals surface area contributed by atoms with Gasteiger partial charge in [-0.1, -0.05) is 36.8 Å². The van der Waals surface area contributed by atoms with Crippen molar-refractivity contribution in [2.24, 2.45) is 0 Å². The van der Waals surface area contributed by atoms with Gasteiger partial charge in [0, 0.05) is 12.6 Å². The predicted molar refractivity (Wildman–Crippen MR) is 158 cm³/mol. The van der Waals surface area contributed by atoms with Gasteiger partial charge in [0.25, 0.3) is 10.0 Å². The van der Waals surface area contributed by atoms with E-state index >= 15 is 0 Å². The maximum Gasteiger partial charge on any atom is 0.264 e. The number of carbonyl (C=O) groups is 2. The van der Waals surface area contributed by atoms with Crippen LogP contribution in [0.3, 0.4) is 0 Å². The highest BCUT2D eigenvalue weighted by molar-refractivity contribution is 7.92. The Hall–Kier alpha value is -3.92. The summed E-state index contributed by atoms with van der Waals surface area (Å²) >= 11 is 0. The summed E-state index contributed by atoms with van der Waals surface area (Å²) in [5, 5.41) is 2.90. The van der Waals surface area contributed by atoms with E-state index in [1.807, 2.05) is 52.0 Å². The first-order valence-corrected chi connectivity index (χ1v) is 15.1. The van der Waals surface area contributed by atoms with Crippen molar-refractivity contribution in [3.05, 3.63) is 89.7 Å². The fraction of sp³-hybridized carbons (Fsp3) is 0.355. The third-order valence-electron chi connectivity index (χ3n) is 6.76. The molecule has 3 rings (SSSR count). The van der Waals surface area contributed by atoms with Crippen LogP contribution in [-0.4, -0.2) is 50.4 Å². The van der Waals surface area contributed by atoms with Crippen LogP contribution in [0.2, 0.25) is 0 Å². The molecule has 0 fully saturated rings. The standard InChI is InChI=1S/C31H38FN3O5S/c1-6-23(4)33-31(37)24(5)34(20-25-10-8-22(3)9-11-25)30(36)21-35(27-14-12-26(32)13-15-27)41(38,39)29-18-16-28(17-19-29)40-7-2/h8-19,23-24H,6-7,20-21H2,1-5H3,(H,33,37)/t23-,24-/m0/s1. The van der Waals surface area contributed by atoms with Gasteiger partial charge in [0.05, 0.1) is 17.2 Å². The topological polar surface area (TPSA) is 96.0 Å². The van der Waals surface area contributed by atoms with Gasteiger partial charge in [-0.3, -0.25) is 13.9 Å².